The van der Waals surface area contributed by atoms with Crippen LogP contribution in [0.3, 0.4) is 0 Å². The van der Waals surface area contributed by atoms with Crippen LogP contribution in [-0.4, -0.2) is 42.7 Å². The minimum Gasteiger partial charge on any atom is -0.507 e. The SMILES string of the molecule is COc1ccc(O)c(C(=O)N2CCC(C)C(CN)C2)c1. The third-order valence-corrected chi connectivity index (χ3v) is 4.14. The van der Waals surface area contributed by atoms with Crippen LogP contribution >= 0.6 is 0 Å². The third-order valence-electron chi connectivity index (χ3n) is 4.14. The largest absolute Gasteiger partial charge is 0.507 e. The van der Waals surface area contributed by atoms with Crippen LogP contribution < -0.4 is 10.5 Å². The maximum Gasteiger partial charge on any atom is 0.257 e. The summed E-state index contributed by atoms with van der Waals surface area (Å²) in [6.07, 6.45) is 0.943. The molecule has 1 saturated heterocycles. The lowest BCUT2D eigenvalue weighted by atomic mass is 9.87. The smallest absolute Gasteiger partial charge is 0.257 e. The van der Waals surface area contributed by atoms with Crippen molar-refractivity contribution in [3.05, 3.63) is 23.8 Å². The second kappa shape index (κ2) is 6.13. The zero-order chi connectivity index (χ0) is 14.7. The number of methoxy groups -OCH3 is 1. The number of rotatable bonds is 3. The molecule has 0 aromatic heterocycles. The maximum absolute atomic E-state index is 12.5. The van der Waals surface area contributed by atoms with E-state index in [9.17, 15) is 9.90 Å². The van der Waals surface area contributed by atoms with Gasteiger partial charge in [-0.2, -0.15) is 0 Å². The van der Waals surface area contributed by atoms with Crippen molar-refractivity contribution in [2.75, 3.05) is 26.7 Å². The Kier molecular flexibility index (Phi) is 4.49. The highest BCUT2D eigenvalue weighted by Crippen LogP contribution is 2.28. The molecule has 1 aliphatic rings. The van der Waals surface area contributed by atoms with E-state index in [1.165, 1.54) is 13.2 Å². The lowest BCUT2D eigenvalue weighted by Gasteiger charge is -2.36. The van der Waals surface area contributed by atoms with Crippen molar-refractivity contribution in [1.29, 1.82) is 0 Å². The Hall–Kier alpha value is -1.75. The van der Waals surface area contributed by atoms with Crippen molar-refractivity contribution in [2.24, 2.45) is 17.6 Å². The molecule has 2 rings (SSSR count). The summed E-state index contributed by atoms with van der Waals surface area (Å²) < 4.78 is 5.10. The second-order valence-corrected chi connectivity index (χ2v) is 5.40. The molecule has 3 N–H and O–H groups in total. The summed E-state index contributed by atoms with van der Waals surface area (Å²) in [6, 6.07) is 4.69. The Morgan fingerprint density at radius 3 is 2.95 bits per heavy atom. The average Bonchev–Trinajstić information content (AvgIpc) is 2.47. The molecule has 1 heterocycles. The van der Waals surface area contributed by atoms with E-state index >= 15 is 0 Å². The van der Waals surface area contributed by atoms with Crippen LogP contribution in [0.25, 0.3) is 0 Å². The highest BCUT2D eigenvalue weighted by molar-refractivity contribution is 5.97. The van der Waals surface area contributed by atoms with Gasteiger partial charge in [0, 0.05) is 13.1 Å². The Morgan fingerprint density at radius 1 is 1.55 bits per heavy atom. The molecule has 1 aromatic carbocycles. The Bertz CT molecular complexity index is 490. The summed E-state index contributed by atoms with van der Waals surface area (Å²) in [5, 5.41) is 9.88. The number of piperidine rings is 1. The van der Waals surface area contributed by atoms with Gasteiger partial charge in [-0.05, 0) is 43.0 Å². The molecular formula is C15H22N2O3. The molecule has 2 atom stereocenters. The van der Waals surface area contributed by atoms with E-state index in [2.05, 4.69) is 6.92 Å². The normalized spacial score (nSPS) is 22.6. The third kappa shape index (κ3) is 2.88. The molecule has 0 bridgehead atoms. The monoisotopic (exact) mass is 278 g/mol. The van der Waals surface area contributed by atoms with Crippen molar-refractivity contribution in [3.8, 4) is 11.5 Å². The summed E-state index contributed by atoms with van der Waals surface area (Å²) in [6.45, 7) is 4.09. The lowest BCUT2D eigenvalue weighted by Crippen LogP contribution is -2.45. The number of carbonyl (C=O) groups excluding carboxylic acids is 1. The number of benzene rings is 1. The fraction of sp³-hybridized carbons (Fsp3) is 0.533. The number of aromatic hydroxyl groups is 1. The van der Waals surface area contributed by atoms with Crippen LogP contribution in [0, 0.1) is 11.8 Å². The van der Waals surface area contributed by atoms with Crippen molar-refractivity contribution < 1.29 is 14.6 Å². The summed E-state index contributed by atoms with van der Waals surface area (Å²) in [5.74, 6) is 1.24. The van der Waals surface area contributed by atoms with Gasteiger partial charge >= 0.3 is 0 Å². The van der Waals surface area contributed by atoms with Crippen LogP contribution in [0.1, 0.15) is 23.7 Å². The zero-order valence-corrected chi connectivity index (χ0v) is 12.0. The average molecular weight is 278 g/mol. The number of hydrogen-bond donors (Lipinski definition) is 2. The van der Waals surface area contributed by atoms with Crippen LogP contribution in [0.4, 0.5) is 0 Å². The summed E-state index contributed by atoms with van der Waals surface area (Å²) in [7, 11) is 1.54. The molecule has 110 valence electrons. The van der Waals surface area contributed by atoms with Gasteiger partial charge in [-0.1, -0.05) is 6.92 Å². The van der Waals surface area contributed by atoms with Crippen LogP contribution in [0.5, 0.6) is 11.5 Å². The van der Waals surface area contributed by atoms with Gasteiger partial charge in [0.05, 0.1) is 12.7 Å². The predicted molar refractivity (Wildman–Crippen MR) is 76.9 cm³/mol. The molecule has 1 aromatic rings. The standard InChI is InChI=1S/C15H22N2O3/c1-10-5-6-17(9-11(10)8-16)15(19)13-7-12(20-2)3-4-14(13)18/h3-4,7,10-11,18H,5-6,8-9,16H2,1-2H3. The van der Waals surface area contributed by atoms with Gasteiger partial charge in [0.25, 0.3) is 5.91 Å². The van der Waals surface area contributed by atoms with Gasteiger partial charge < -0.3 is 20.5 Å². The van der Waals surface area contributed by atoms with E-state index < -0.39 is 0 Å². The van der Waals surface area contributed by atoms with E-state index in [4.69, 9.17) is 10.5 Å². The molecule has 20 heavy (non-hydrogen) atoms. The topological polar surface area (TPSA) is 75.8 Å². The van der Waals surface area contributed by atoms with E-state index in [1.807, 2.05) is 0 Å². The molecule has 0 spiro atoms. The van der Waals surface area contributed by atoms with Crippen LogP contribution in [0.15, 0.2) is 18.2 Å². The maximum atomic E-state index is 12.5. The van der Waals surface area contributed by atoms with Gasteiger partial charge in [0.1, 0.15) is 11.5 Å². The molecule has 2 unspecified atom stereocenters. The summed E-state index contributed by atoms with van der Waals surface area (Å²) in [4.78, 5) is 14.3. The number of nitrogens with zero attached hydrogens (tertiary/aromatic N) is 1. The van der Waals surface area contributed by atoms with Crippen LogP contribution in [0.2, 0.25) is 0 Å². The molecule has 1 aliphatic heterocycles. The fourth-order valence-electron chi connectivity index (χ4n) is 2.62. The number of amides is 1. The number of likely N-dealkylation sites (tertiary alicyclic amines) is 1. The first-order chi connectivity index (χ1) is 9.56. The molecule has 0 aliphatic carbocycles. The van der Waals surface area contributed by atoms with E-state index in [0.29, 0.717) is 37.2 Å². The molecule has 1 fully saturated rings. The first-order valence-corrected chi connectivity index (χ1v) is 6.93. The fourth-order valence-corrected chi connectivity index (χ4v) is 2.62. The minimum atomic E-state index is -0.160. The Balaban J connectivity index is 2.19. The van der Waals surface area contributed by atoms with Crippen molar-refractivity contribution >= 4 is 5.91 Å². The predicted octanol–water partition coefficient (Wildman–Crippen LogP) is 1.46. The van der Waals surface area contributed by atoms with Gasteiger partial charge in [0.15, 0.2) is 0 Å². The highest BCUT2D eigenvalue weighted by atomic mass is 16.5. The van der Waals surface area contributed by atoms with E-state index in [0.717, 1.165) is 6.42 Å². The highest BCUT2D eigenvalue weighted by Gasteiger charge is 2.29. The molecular weight excluding hydrogens is 256 g/mol. The number of nitrogens with two attached hydrogens (primary N) is 1. The van der Waals surface area contributed by atoms with Gasteiger partial charge in [-0.15, -0.1) is 0 Å². The van der Waals surface area contributed by atoms with Crippen molar-refractivity contribution in [3.63, 3.8) is 0 Å². The molecule has 5 nitrogen and oxygen atoms in total. The summed E-state index contributed by atoms with van der Waals surface area (Å²) >= 11 is 0. The molecule has 1 amide bonds. The van der Waals surface area contributed by atoms with E-state index in [-0.39, 0.29) is 17.2 Å². The van der Waals surface area contributed by atoms with E-state index in [1.54, 1.807) is 17.0 Å². The molecule has 0 saturated carbocycles. The second-order valence-electron chi connectivity index (χ2n) is 5.40. The number of hydrogen-bond acceptors (Lipinski definition) is 4. The minimum absolute atomic E-state index is 0.0151. The number of carbonyl (C=O) groups is 1. The quantitative estimate of drug-likeness (QED) is 0.877. The lowest BCUT2D eigenvalue weighted by molar-refractivity contribution is 0.0615. The van der Waals surface area contributed by atoms with Crippen molar-refractivity contribution in [1.82, 2.24) is 4.90 Å². The van der Waals surface area contributed by atoms with Gasteiger partial charge in [-0.25, -0.2) is 0 Å². The summed E-state index contributed by atoms with van der Waals surface area (Å²) in [5.41, 5.74) is 6.05. The van der Waals surface area contributed by atoms with Gasteiger partial charge in [0.2, 0.25) is 0 Å². The van der Waals surface area contributed by atoms with Gasteiger partial charge in [-0.3, -0.25) is 4.79 Å². The first-order valence-electron chi connectivity index (χ1n) is 6.93. The Labute approximate surface area is 119 Å². The molecule has 0 radical (unpaired) electrons. The zero-order valence-electron chi connectivity index (χ0n) is 12.0. The first kappa shape index (κ1) is 14.7. The Morgan fingerprint density at radius 2 is 2.30 bits per heavy atom. The van der Waals surface area contributed by atoms with Crippen LogP contribution in [-0.2, 0) is 0 Å². The number of ether oxygens (including phenoxy) is 1. The number of phenols is 1. The molecule has 5 heteroatoms. The van der Waals surface area contributed by atoms with Crippen molar-refractivity contribution in [2.45, 2.75) is 13.3 Å². The number of phenolic OH excluding ortho intramolecular Hbond substituents is 1.